The molecule has 0 aliphatic carbocycles. The third-order valence-corrected chi connectivity index (χ3v) is 3.63. The normalized spacial score (nSPS) is 9.92. The minimum absolute atomic E-state index is 0.0728. The fourth-order valence-corrected chi connectivity index (χ4v) is 2.47. The number of hydrogen-bond acceptors (Lipinski definition) is 7. The Morgan fingerprint density at radius 2 is 2.00 bits per heavy atom. The summed E-state index contributed by atoms with van der Waals surface area (Å²) < 4.78 is 4.73. The molecule has 0 unspecified atom stereocenters. The second-order valence-corrected chi connectivity index (χ2v) is 5.51. The van der Waals surface area contributed by atoms with Gasteiger partial charge in [0.05, 0.1) is 25.3 Å². The van der Waals surface area contributed by atoms with Crippen LogP contribution in [0.1, 0.15) is 28.7 Å². The minimum atomic E-state index is -0.456. The first-order valence-corrected chi connectivity index (χ1v) is 7.92. The van der Waals surface area contributed by atoms with Gasteiger partial charge in [-0.3, -0.25) is 14.4 Å². The lowest BCUT2D eigenvalue weighted by Crippen LogP contribution is -2.37. The molecule has 0 aromatic carbocycles. The van der Waals surface area contributed by atoms with Gasteiger partial charge in [0.25, 0.3) is 5.91 Å². The largest absolute Gasteiger partial charge is 0.466 e. The van der Waals surface area contributed by atoms with Crippen LogP contribution in [-0.4, -0.2) is 48.4 Å². The van der Waals surface area contributed by atoms with E-state index in [0.717, 1.165) is 11.3 Å². The summed E-state index contributed by atoms with van der Waals surface area (Å²) in [5, 5.41) is 5.23. The number of aryl methyl sites for hydroxylation is 1. The summed E-state index contributed by atoms with van der Waals surface area (Å²) in [6.45, 7) is 3.54. The van der Waals surface area contributed by atoms with Gasteiger partial charge >= 0.3 is 5.97 Å². The van der Waals surface area contributed by atoms with E-state index in [-0.39, 0.29) is 30.6 Å². The van der Waals surface area contributed by atoms with Crippen LogP contribution in [0.25, 0.3) is 0 Å². The molecule has 1 aromatic rings. The summed E-state index contributed by atoms with van der Waals surface area (Å²) in [6.07, 6.45) is 0.0728. The number of aliphatic imine (C=N–C) groups is 1. The van der Waals surface area contributed by atoms with Crippen molar-refractivity contribution in [2.45, 2.75) is 20.3 Å². The molecule has 0 atom stereocenters. The molecule has 0 aliphatic heterocycles. The van der Waals surface area contributed by atoms with Gasteiger partial charge in [-0.2, -0.15) is 4.99 Å². The summed E-state index contributed by atoms with van der Waals surface area (Å²) in [5.74, 6) is -1.42. The van der Waals surface area contributed by atoms with Gasteiger partial charge in [0, 0.05) is 6.54 Å². The van der Waals surface area contributed by atoms with Crippen LogP contribution >= 0.6 is 11.3 Å². The highest BCUT2D eigenvalue weighted by Gasteiger charge is 2.16. The molecule has 1 aromatic heterocycles. The number of thiazole rings is 1. The van der Waals surface area contributed by atoms with Crippen LogP contribution in [0.4, 0.5) is 5.13 Å². The van der Waals surface area contributed by atoms with Crippen LogP contribution in [0.5, 0.6) is 0 Å². The molecule has 0 radical (unpaired) electrons. The van der Waals surface area contributed by atoms with Gasteiger partial charge in [-0.1, -0.05) is 11.3 Å². The standard InChI is InChI=1S/C13H20N6O4S/c1-3-23-9(21)4-5-16-8(20)6-17-11(22)10-7(2)18-13(24-10)19-12(14)15/h3-6H2,1-2H3,(H,16,20)(H,17,22)(H4,14,15,18,19). The monoisotopic (exact) mass is 356 g/mol. The van der Waals surface area contributed by atoms with Crippen LogP contribution in [0.3, 0.4) is 0 Å². The number of carbonyl (C=O) groups excluding carboxylic acids is 3. The van der Waals surface area contributed by atoms with Gasteiger partial charge in [0.2, 0.25) is 11.0 Å². The van der Waals surface area contributed by atoms with Crippen molar-refractivity contribution in [1.29, 1.82) is 0 Å². The van der Waals surface area contributed by atoms with E-state index in [9.17, 15) is 14.4 Å². The average molecular weight is 356 g/mol. The van der Waals surface area contributed by atoms with Gasteiger partial charge in [-0.15, -0.1) is 0 Å². The molecular weight excluding hydrogens is 336 g/mol. The first-order valence-electron chi connectivity index (χ1n) is 7.11. The van der Waals surface area contributed by atoms with Gasteiger partial charge < -0.3 is 26.8 Å². The van der Waals surface area contributed by atoms with E-state index in [0.29, 0.717) is 17.2 Å². The predicted octanol–water partition coefficient (Wildman–Crippen LogP) is -0.844. The lowest BCUT2D eigenvalue weighted by Gasteiger charge is -2.06. The lowest BCUT2D eigenvalue weighted by molar-refractivity contribution is -0.143. The number of hydrogen-bond donors (Lipinski definition) is 4. The van der Waals surface area contributed by atoms with Crippen molar-refractivity contribution < 1.29 is 19.1 Å². The van der Waals surface area contributed by atoms with E-state index >= 15 is 0 Å². The van der Waals surface area contributed by atoms with Gasteiger partial charge in [0.1, 0.15) is 4.88 Å². The van der Waals surface area contributed by atoms with E-state index in [2.05, 4.69) is 20.6 Å². The molecule has 0 bridgehead atoms. The molecule has 0 fully saturated rings. The van der Waals surface area contributed by atoms with Crippen LogP contribution in [0.15, 0.2) is 4.99 Å². The Morgan fingerprint density at radius 3 is 2.62 bits per heavy atom. The summed E-state index contributed by atoms with van der Waals surface area (Å²) in [4.78, 5) is 42.9. The van der Waals surface area contributed by atoms with Crippen molar-refractivity contribution in [1.82, 2.24) is 15.6 Å². The number of aromatic nitrogens is 1. The molecule has 10 nitrogen and oxygen atoms in total. The van der Waals surface area contributed by atoms with Crippen molar-refractivity contribution in [3.05, 3.63) is 10.6 Å². The average Bonchev–Trinajstić information content (AvgIpc) is 2.84. The number of rotatable bonds is 8. The third-order valence-electron chi connectivity index (χ3n) is 2.58. The molecule has 24 heavy (non-hydrogen) atoms. The van der Waals surface area contributed by atoms with Crippen molar-refractivity contribution in [3.63, 3.8) is 0 Å². The van der Waals surface area contributed by atoms with Crippen LogP contribution in [0, 0.1) is 6.92 Å². The fraction of sp³-hybridized carbons (Fsp3) is 0.462. The SMILES string of the molecule is CCOC(=O)CCNC(=O)CNC(=O)c1sc(N=C(N)N)nc1C. The highest BCUT2D eigenvalue weighted by Crippen LogP contribution is 2.24. The van der Waals surface area contributed by atoms with Crippen molar-refractivity contribution >= 4 is 40.2 Å². The number of amides is 2. The first-order chi connectivity index (χ1) is 11.3. The van der Waals surface area contributed by atoms with E-state index in [1.165, 1.54) is 0 Å². The second-order valence-electron chi connectivity index (χ2n) is 4.54. The number of nitrogens with two attached hydrogens (primary N) is 2. The number of ether oxygens (including phenoxy) is 1. The molecule has 132 valence electrons. The van der Waals surface area contributed by atoms with E-state index in [4.69, 9.17) is 16.2 Å². The molecule has 1 heterocycles. The maximum absolute atomic E-state index is 12.0. The summed E-state index contributed by atoms with van der Waals surface area (Å²) >= 11 is 1.01. The molecule has 6 N–H and O–H groups in total. The van der Waals surface area contributed by atoms with Gasteiger partial charge in [-0.25, -0.2) is 4.98 Å². The number of guanidine groups is 1. The first kappa shape index (κ1) is 19.4. The van der Waals surface area contributed by atoms with Gasteiger partial charge in [-0.05, 0) is 13.8 Å². The predicted molar refractivity (Wildman–Crippen MR) is 88.9 cm³/mol. The van der Waals surface area contributed by atoms with Crippen LogP contribution < -0.4 is 22.1 Å². The molecule has 0 spiro atoms. The minimum Gasteiger partial charge on any atom is -0.466 e. The summed E-state index contributed by atoms with van der Waals surface area (Å²) in [7, 11) is 0. The molecule has 0 saturated carbocycles. The molecule has 1 rings (SSSR count). The van der Waals surface area contributed by atoms with Crippen molar-refractivity contribution in [2.75, 3.05) is 19.7 Å². The van der Waals surface area contributed by atoms with Crippen LogP contribution in [0.2, 0.25) is 0 Å². The maximum Gasteiger partial charge on any atom is 0.307 e. The molecule has 11 heteroatoms. The number of esters is 1. The molecule has 0 saturated heterocycles. The Kier molecular flexibility index (Phi) is 7.62. The Bertz CT molecular complexity index is 638. The highest BCUT2D eigenvalue weighted by molar-refractivity contribution is 7.17. The fourth-order valence-electron chi connectivity index (χ4n) is 1.59. The lowest BCUT2D eigenvalue weighted by atomic mass is 10.3. The molecule has 2 amide bonds. The molecule has 0 aliphatic rings. The number of carbonyl (C=O) groups is 3. The third kappa shape index (κ3) is 6.60. The number of nitrogens with zero attached hydrogens (tertiary/aromatic N) is 2. The van der Waals surface area contributed by atoms with Crippen molar-refractivity contribution in [2.24, 2.45) is 16.5 Å². The zero-order valence-corrected chi connectivity index (χ0v) is 14.2. The Balaban J connectivity index is 2.43. The van der Waals surface area contributed by atoms with Gasteiger partial charge in [0.15, 0.2) is 5.96 Å². The Labute approximate surface area is 142 Å². The Morgan fingerprint density at radius 1 is 1.29 bits per heavy atom. The number of nitrogens with one attached hydrogen (secondary N) is 2. The zero-order chi connectivity index (χ0) is 18.1. The summed E-state index contributed by atoms with van der Waals surface area (Å²) in [5.41, 5.74) is 11.0. The van der Waals surface area contributed by atoms with E-state index in [1.807, 2.05) is 0 Å². The van der Waals surface area contributed by atoms with E-state index < -0.39 is 17.8 Å². The van der Waals surface area contributed by atoms with Crippen molar-refractivity contribution in [3.8, 4) is 0 Å². The zero-order valence-electron chi connectivity index (χ0n) is 13.4. The Hall–Kier alpha value is -2.69. The maximum atomic E-state index is 12.0. The van der Waals surface area contributed by atoms with E-state index in [1.54, 1.807) is 13.8 Å². The smallest absolute Gasteiger partial charge is 0.307 e. The second kappa shape index (κ2) is 9.45. The van der Waals surface area contributed by atoms with Crippen LogP contribution in [-0.2, 0) is 14.3 Å². The molecular formula is C13H20N6O4S. The quantitative estimate of drug-likeness (QED) is 0.268. The topological polar surface area (TPSA) is 162 Å². The summed E-state index contributed by atoms with van der Waals surface area (Å²) in [6, 6.07) is 0. The highest BCUT2D eigenvalue weighted by atomic mass is 32.1.